The molecule has 0 aliphatic heterocycles. The van der Waals surface area contributed by atoms with E-state index in [0.717, 1.165) is 5.56 Å². The number of ether oxygens (including phenoxy) is 2. The van der Waals surface area contributed by atoms with Gasteiger partial charge < -0.3 is 20.1 Å². The third-order valence-electron chi connectivity index (χ3n) is 4.54. The number of nitrogens with one attached hydrogen (secondary N) is 2. The highest BCUT2D eigenvalue weighted by Gasteiger charge is 2.14. The number of amides is 2. The second-order valence-corrected chi connectivity index (χ2v) is 7.84. The van der Waals surface area contributed by atoms with Gasteiger partial charge in [-0.15, -0.1) is 0 Å². The number of rotatable bonds is 8. The molecule has 6 nitrogen and oxygen atoms in total. The van der Waals surface area contributed by atoms with Crippen molar-refractivity contribution in [3.8, 4) is 11.5 Å². The lowest BCUT2D eigenvalue weighted by Gasteiger charge is -2.19. The van der Waals surface area contributed by atoms with Gasteiger partial charge in [0.15, 0.2) is 11.5 Å². The molecule has 0 saturated carbocycles. The first-order chi connectivity index (χ1) is 13.7. The fourth-order valence-electron chi connectivity index (χ4n) is 2.85. The highest BCUT2D eigenvalue weighted by Crippen LogP contribution is 2.27. The summed E-state index contributed by atoms with van der Waals surface area (Å²) in [6, 6.07) is 13.3. The fraction of sp³-hybridized carbons (Fsp3) is 0.391. The molecule has 2 N–H and O–H groups in total. The summed E-state index contributed by atoms with van der Waals surface area (Å²) in [4.78, 5) is 24.1. The molecule has 2 rings (SSSR count). The number of hydrogen-bond acceptors (Lipinski definition) is 4. The molecular formula is C23H30N2O4. The van der Waals surface area contributed by atoms with Crippen molar-refractivity contribution in [2.45, 2.75) is 39.0 Å². The summed E-state index contributed by atoms with van der Waals surface area (Å²) in [7, 11) is 3.17. The van der Waals surface area contributed by atoms with E-state index in [4.69, 9.17) is 9.47 Å². The Balaban J connectivity index is 1.78. The second-order valence-electron chi connectivity index (χ2n) is 7.84. The van der Waals surface area contributed by atoms with Gasteiger partial charge in [0.25, 0.3) is 0 Å². The molecule has 0 bridgehead atoms. The molecule has 29 heavy (non-hydrogen) atoms. The Labute approximate surface area is 172 Å². The molecule has 6 heteroatoms. The van der Waals surface area contributed by atoms with Gasteiger partial charge in [0.2, 0.25) is 11.8 Å². The van der Waals surface area contributed by atoms with Crippen LogP contribution in [0.3, 0.4) is 0 Å². The van der Waals surface area contributed by atoms with Crippen LogP contribution < -0.4 is 20.1 Å². The molecule has 156 valence electrons. The quantitative estimate of drug-likeness (QED) is 0.665. The van der Waals surface area contributed by atoms with Crippen LogP contribution in [0.5, 0.6) is 11.5 Å². The highest BCUT2D eigenvalue weighted by molar-refractivity contribution is 6.03. The van der Waals surface area contributed by atoms with E-state index in [-0.39, 0.29) is 23.7 Å². The Bertz CT molecular complexity index is 839. The fourth-order valence-corrected chi connectivity index (χ4v) is 2.85. The molecular weight excluding hydrogens is 368 g/mol. The second kappa shape index (κ2) is 9.96. The topological polar surface area (TPSA) is 76.7 Å². The standard InChI is InChI=1S/C23H30N2O4/c1-23(2,3)17-7-9-18(10-8-17)25-22(27)15-21(26)24-13-12-16-6-11-19(28-4)20(14-16)29-5/h6-11,14H,12-13,15H2,1-5H3,(H,24,26)(H,25,27). The minimum absolute atomic E-state index is 0.0519. The average molecular weight is 399 g/mol. The minimum atomic E-state index is -0.336. The van der Waals surface area contributed by atoms with Gasteiger partial charge in [0, 0.05) is 12.2 Å². The van der Waals surface area contributed by atoms with E-state index < -0.39 is 0 Å². The van der Waals surface area contributed by atoms with E-state index in [1.807, 2.05) is 42.5 Å². The van der Waals surface area contributed by atoms with Gasteiger partial charge in [0.05, 0.1) is 14.2 Å². The SMILES string of the molecule is COc1ccc(CCNC(=O)CC(=O)Nc2ccc(C(C)(C)C)cc2)cc1OC. The summed E-state index contributed by atoms with van der Waals surface area (Å²) >= 11 is 0. The average Bonchev–Trinajstić information content (AvgIpc) is 2.67. The molecule has 2 aromatic carbocycles. The van der Waals surface area contributed by atoms with E-state index in [9.17, 15) is 9.59 Å². The van der Waals surface area contributed by atoms with Gasteiger partial charge in [-0.25, -0.2) is 0 Å². The summed E-state index contributed by atoms with van der Waals surface area (Å²) in [6.45, 7) is 6.83. The normalized spacial score (nSPS) is 10.9. The van der Waals surface area contributed by atoms with Crippen molar-refractivity contribution in [1.82, 2.24) is 5.32 Å². The predicted molar refractivity (Wildman–Crippen MR) is 115 cm³/mol. The Morgan fingerprint density at radius 2 is 1.55 bits per heavy atom. The number of anilines is 1. The molecule has 0 aromatic heterocycles. The lowest BCUT2D eigenvalue weighted by atomic mass is 9.87. The van der Waals surface area contributed by atoms with Crippen molar-refractivity contribution < 1.29 is 19.1 Å². The van der Waals surface area contributed by atoms with Gasteiger partial charge in [0.1, 0.15) is 6.42 Å². The zero-order valence-electron chi connectivity index (χ0n) is 17.8. The molecule has 0 fully saturated rings. The summed E-state index contributed by atoms with van der Waals surface area (Å²) in [6.07, 6.45) is 0.412. The van der Waals surface area contributed by atoms with Crippen LogP contribution in [0.15, 0.2) is 42.5 Å². The molecule has 0 atom stereocenters. The van der Waals surface area contributed by atoms with Crippen LogP contribution in [0.1, 0.15) is 38.3 Å². The molecule has 0 radical (unpaired) electrons. The van der Waals surface area contributed by atoms with Crippen molar-refractivity contribution in [1.29, 1.82) is 0 Å². The van der Waals surface area contributed by atoms with Gasteiger partial charge in [-0.3, -0.25) is 9.59 Å². The van der Waals surface area contributed by atoms with Crippen molar-refractivity contribution in [2.24, 2.45) is 0 Å². The number of carbonyl (C=O) groups excluding carboxylic acids is 2. The van der Waals surface area contributed by atoms with Crippen LogP contribution >= 0.6 is 0 Å². The minimum Gasteiger partial charge on any atom is -0.493 e. The monoisotopic (exact) mass is 398 g/mol. The van der Waals surface area contributed by atoms with Gasteiger partial charge in [-0.05, 0) is 47.2 Å². The van der Waals surface area contributed by atoms with Crippen LogP contribution in [0.2, 0.25) is 0 Å². The summed E-state index contributed by atoms with van der Waals surface area (Å²) in [5, 5.41) is 5.53. The summed E-state index contributed by atoms with van der Waals surface area (Å²) in [5.41, 5.74) is 2.92. The van der Waals surface area contributed by atoms with Gasteiger partial charge in [-0.2, -0.15) is 0 Å². The number of methoxy groups -OCH3 is 2. The Hall–Kier alpha value is -3.02. The zero-order valence-corrected chi connectivity index (χ0v) is 17.8. The van der Waals surface area contributed by atoms with Crippen LogP contribution in [-0.2, 0) is 21.4 Å². The molecule has 0 spiro atoms. The third kappa shape index (κ3) is 6.82. The first-order valence-corrected chi connectivity index (χ1v) is 9.61. The third-order valence-corrected chi connectivity index (χ3v) is 4.54. The Morgan fingerprint density at radius 1 is 0.897 bits per heavy atom. The zero-order chi connectivity index (χ0) is 21.4. The van der Waals surface area contributed by atoms with E-state index in [0.29, 0.717) is 30.2 Å². The van der Waals surface area contributed by atoms with Crippen LogP contribution in [-0.4, -0.2) is 32.6 Å². The molecule has 0 aliphatic carbocycles. The van der Waals surface area contributed by atoms with E-state index >= 15 is 0 Å². The molecule has 2 aromatic rings. The first-order valence-electron chi connectivity index (χ1n) is 9.61. The van der Waals surface area contributed by atoms with Crippen molar-refractivity contribution in [2.75, 3.05) is 26.1 Å². The molecule has 0 heterocycles. The first kappa shape index (κ1) is 22.3. The summed E-state index contributed by atoms with van der Waals surface area (Å²) < 4.78 is 10.5. The number of carbonyl (C=O) groups is 2. The van der Waals surface area contributed by atoms with E-state index in [2.05, 4.69) is 31.4 Å². The van der Waals surface area contributed by atoms with E-state index in [1.54, 1.807) is 14.2 Å². The Morgan fingerprint density at radius 3 is 2.14 bits per heavy atom. The molecule has 0 aliphatic rings. The highest BCUT2D eigenvalue weighted by atomic mass is 16.5. The predicted octanol–water partition coefficient (Wildman–Crippen LogP) is 3.69. The largest absolute Gasteiger partial charge is 0.493 e. The maximum atomic E-state index is 12.1. The van der Waals surface area contributed by atoms with Crippen molar-refractivity contribution >= 4 is 17.5 Å². The molecule has 2 amide bonds. The number of hydrogen-bond donors (Lipinski definition) is 2. The molecule has 0 unspecified atom stereocenters. The lowest BCUT2D eigenvalue weighted by molar-refractivity contribution is -0.126. The van der Waals surface area contributed by atoms with Gasteiger partial charge >= 0.3 is 0 Å². The Kier molecular flexibility index (Phi) is 7.65. The van der Waals surface area contributed by atoms with Gasteiger partial charge in [-0.1, -0.05) is 39.0 Å². The molecule has 0 saturated heterocycles. The van der Waals surface area contributed by atoms with Crippen LogP contribution in [0.4, 0.5) is 5.69 Å². The van der Waals surface area contributed by atoms with Crippen LogP contribution in [0.25, 0.3) is 0 Å². The van der Waals surface area contributed by atoms with Crippen molar-refractivity contribution in [3.63, 3.8) is 0 Å². The van der Waals surface area contributed by atoms with Crippen molar-refractivity contribution in [3.05, 3.63) is 53.6 Å². The smallest absolute Gasteiger partial charge is 0.233 e. The number of benzene rings is 2. The maximum absolute atomic E-state index is 12.1. The summed E-state index contributed by atoms with van der Waals surface area (Å²) in [5.74, 6) is 0.659. The van der Waals surface area contributed by atoms with E-state index in [1.165, 1.54) is 5.56 Å². The maximum Gasteiger partial charge on any atom is 0.233 e. The van der Waals surface area contributed by atoms with Crippen LogP contribution in [0, 0.1) is 0 Å². The lowest BCUT2D eigenvalue weighted by Crippen LogP contribution is -2.29.